The molecule has 2 atom stereocenters. The molecule has 0 bridgehead atoms. The number of nitrogens with zero attached hydrogens (tertiary/aromatic N) is 2. The van der Waals surface area contributed by atoms with Crippen LogP contribution < -0.4 is 20.3 Å². The van der Waals surface area contributed by atoms with Gasteiger partial charge in [0.25, 0.3) is 0 Å². The molecule has 3 rings (SSSR count). The summed E-state index contributed by atoms with van der Waals surface area (Å²) in [5, 5.41) is 15.5. The molecular weight excluding hydrogens is 396 g/mol. The molecule has 0 saturated carbocycles. The summed E-state index contributed by atoms with van der Waals surface area (Å²) >= 11 is 0. The fraction of sp³-hybridized carbons (Fsp3) is 0.652. The number of piperidine rings is 1. The van der Waals surface area contributed by atoms with Crippen LogP contribution >= 0.6 is 0 Å². The summed E-state index contributed by atoms with van der Waals surface area (Å²) in [6.07, 6.45) is 3.69. The van der Waals surface area contributed by atoms with Gasteiger partial charge in [-0.15, -0.1) is 0 Å². The SMILES string of the molecule is COc1ccc(N2CCC(N[C@H]3CC[C@@H](C(=O)NCCO)CN(C(C)=O)C3)CC2)cc1. The zero-order valence-corrected chi connectivity index (χ0v) is 18.7. The Morgan fingerprint density at radius 3 is 2.39 bits per heavy atom. The van der Waals surface area contributed by atoms with Crippen molar-refractivity contribution >= 4 is 17.5 Å². The van der Waals surface area contributed by atoms with Crippen molar-refractivity contribution in [3.05, 3.63) is 24.3 Å². The third-order valence-corrected chi connectivity index (χ3v) is 6.38. The molecule has 2 aliphatic heterocycles. The summed E-state index contributed by atoms with van der Waals surface area (Å²) in [5.41, 5.74) is 1.22. The first-order valence-electron chi connectivity index (χ1n) is 11.3. The monoisotopic (exact) mass is 432 g/mol. The van der Waals surface area contributed by atoms with Gasteiger partial charge in [-0.05, 0) is 49.9 Å². The Hall–Kier alpha value is -2.32. The molecule has 8 heteroatoms. The van der Waals surface area contributed by atoms with Crippen molar-refractivity contribution in [1.82, 2.24) is 15.5 Å². The highest BCUT2D eigenvalue weighted by molar-refractivity contribution is 5.80. The lowest BCUT2D eigenvalue weighted by Gasteiger charge is -2.36. The molecule has 3 N–H and O–H groups in total. The molecule has 2 aliphatic rings. The van der Waals surface area contributed by atoms with E-state index < -0.39 is 0 Å². The third-order valence-electron chi connectivity index (χ3n) is 6.38. The number of hydrogen-bond acceptors (Lipinski definition) is 6. The summed E-state index contributed by atoms with van der Waals surface area (Å²) in [6, 6.07) is 8.79. The minimum absolute atomic E-state index is 0.00276. The van der Waals surface area contributed by atoms with Gasteiger partial charge in [-0.2, -0.15) is 0 Å². The number of aliphatic hydroxyl groups excluding tert-OH is 1. The minimum atomic E-state index is -0.223. The van der Waals surface area contributed by atoms with E-state index in [0.717, 1.165) is 44.5 Å². The summed E-state index contributed by atoms with van der Waals surface area (Å²) in [7, 11) is 1.68. The molecule has 0 aromatic heterocycles. The number of benzene rings is 1. The van der Waals surface area contributed by atoms with E-state index in [4.69, 9.17) is 9.84 Å². The van der Waals surface area contributed by atoms with Crippen LogP contribution in [-0.2, 0) is 9.59 Å². The van der Waals surface area contributed by atoms with Gasteiger partial charge < -0.3 is 30.3 Å². The van der Waals surface area contributed by atoms with Crippen LogP contribution in [0.3, 0.4) is 0 Å². The van der Waals surface area contributed by atoms with E-state index in [2.05, 4.69) is 27.7 Å². The molecule has 31 heavy (non-hydrogen) atoms. The van der Waals surface area contributed by atoms with Gasteiger partial charge in [0.1, 0.15) is 5.75 Å². The van der Waals surface area contributed by atoms with E-state index in [1.54, 1.807) is 18.9 Å². The largest absolute Gasteiger partial charge is 0.497 e. The highest BCUT2D eigenvalue weighted by Crippen LogP contribution is 2.24. The Labute approximate surface area is 184 Å². The lowest BCUT2D eigenvalue weighted by atomic mass is 9.99. The third kappa shape index (κ3) is 6.58. The maximum atomic E-state index is 12.4. The molecule has 1 aromatic rings. The lowest BCUT2D eigenvalue weighted by Crippen LogP contribution is -2.50. The van der Waals surface area contributed by atoms with Crippen LogP contribution in [0.15, 0.2) is 24.3 Å². The average molecular weight is 433 g/mol. The predicted molar refractivity (Wildman–Crippen MR) is 120 cm³/mol. The summed E-state index contributed by atoms with van der Waals surface area (Å²) < 4.78 is 5.24. The molecule has 2 fully saturated rings. The van der Waals surface area contributed by atoms with Gasteiger partial charge in [0.15, 0.2) is 0 Å². The molecule has 2 amide bonds. The first-order valence-corrected chi connectivity index (χ1v) is 11.3. The maximum Gasteiger partial charge on any atom is 0.224 e. The molecular formula is C23H36N4O4. The Morgan fingerprint density at radius 2 is 1.77 bits per heavy atom. The molecule has 0 unspecified atom stereocenters. The summed E-state index contributed by atoms with van der Waals surface area (Å²) in [4.78, 5) is 28.7. The Kier molecular flexibility index (Phi) is 8.54. The highest BCUT2D eigenvalue weighted by Gasteiger charge is 2.31. The van der Waals surface area contributed by atoms with E-state index >= 15 is 0 Å². The number of amides is 2. The van der Waals surface area contributed by atoms with Gasteiger partial charge in [0, 0.05) is 57.4 Å². The van der Waals surface area contributed by atoms with Crippen molar-refractivity contribution in [2.75, 3.05) is 51.3 Å². The number of carbonyl (C=O) groups excluding carboxylic acids is 2. The van der Waals surface area contributed by atoms with Crippen LogP contribution in [0.4, 0.5) is 5.69 Å². The standard InChI is InChI=1S/C23H36N4O4/c1-17(29)27-15-18(23(30)24-11-14-28)3-4-20(16-27)25-19-9-12-26(13-10-19)21-5-7-22(31-2)8-6-21/h5-8,18-20,25,28H,3-4,9-16H2,1-2H3,(H,24,30)/t18-,20+/m1/s1. The molecule has 0 radical (unpaired) electrons. The van der Waals surface area contributed by atoms with Crippen molar-refractivity contribution in [2.24, 2.45) is 5.92 Å². The zero-order valence-electron chi connectivity index (χ0n) is 18.7. The Balaban J connectivity index is 1.52. The van der Waals surface area contributed by atoms with Gasteiger partial charge in [-0.3, -0.25) is 9.59 Å². The van der Waals surface area contributed by atoms with Crippen molar-refractivity contribution in [1.29, 1.82) is 0 Å². The second-order valence-electron chi connectivity index (χ2n) is 8.54. The predicted octanol–water partition coefficient (Wildman–Crippen LogP) is 0.989. The zero-order chi connectivity index (χ0) is 22.2. The summed E-state index contributed by atoms with van der Waals surface area (Å²) in [5.74, 6) is 0.572. The van der Waals surface area contributed by atoms with Crippen molar-refractivity contribution in [3.63, 3.8) is 0 Å². The average Bonchev–Trinajstić information content (AvgIpc) is 3.01. The molecule has 2 heterocycles. The van der Waals surface area contributed by atoms with Gasteiger partial charge >= 0.3 is 0 Å². The second kappa shape index (κ2) is 11.3. The van der Waals surface area contributed by atoms with Crippen LogP contribution in [0.25, 0.3) is 0 Å². The van der Waals surface area contributed by atoms with E-state index in [9.17, 15) is 9.59 Å². The number of nitrogens with one attached hydrogen (secondary N) is 2. The number of methoxy groups -OCH3 is 1. The fourth-order valence-corrected chi connectivity index (χ4v) is 4.55. The topological polar surface area (TPSA) is 94.1 Å². The number of carbonyl (C=O) groups is 2. The number of rotatable bonds is 7. The van der Waals surface area contributed by atoms with Crippen molar-refractivity contribution in [2.45, 2.75) is 44.7 Å². The molecule has 172 valence electrons. The van der Waals surface area contributed by atoms with Crippen LogP contribution in [0.1, 0.15) is 32.6 Å². The molecule has 1 aromatic carbocycles. The fourth-order valence-electron chi connectivity index (χ4n) is 4.55. The van der Waals surface area contributed by atoms with Gasteiger partial charge in [-0.25, -0.2) is 0 Å². The molecule has 0 spiro atoms. The smallest absolute Gasteiger partial charge is 0.224 e. The molecule has 0 aliphatic carbocycles. The van der Waals surface area contributed by atoms with Crippen LogP contribution in [-0.4, -0.2) is 80.3 Å². The quantitative estimate of drug-likeness (QED) is 0.595. The minimum Gasteiger partial charge on any atom is -0.497 e. The normalized spacial score (nSPS) is 22.7. The van der Waals surface area contributed by atoms with Gasteiger partial charge in [-0.1, -0.05) is 0 Å². The van der Waals surface area contributed by atoms with Crippen LogP contribution in [0, 0.1) is 5.92 Å². The van der Waals surface area contributed by atoms with Gasteiger partial charge in [0.05, 0.1) is 19.6 Å². The van der Waals surface area contributed by atoms with E-state index in [0.29, 0.717) is 19.1 Å². The van der Waals surface area contributed by atoms with E-state index in [-0.39, 0.29) is 36.9 Å². The number of hydrogen-bond donors (Lipinski definition) is 3. The first-order chi connectivity index (χ1) is 15.0. The Morgan fingerprint density at radius 1 is 1.06 bits per heavy atom. The number of ether oxygens (including phenoxy) is 1. The summed E-state index contributed by atoms with van der Waals surface area (Å²) in [6.45, 7) is 4.80. The Bertz CT molecular complexity index is 719. The van der Waals surface area contributed by atoms with Gasteiger partial charge in [0.2, 0.25) is 11.8 Å². The van der Waals surface area contributed by atoms with Crippen LogP contribution in [0.5, 0.6) is 5.75 Å². The number of aliphatic hydroxyl groups is 1. The lowest BCUT2D eigenvalue weighted by molar-refractivity contribution is -0.131. The van der Waals surface area contributed by atoms with E-state index in [1.807, 2.05) is 12.1 Å². The van der Waals surface area contributed by atoms with Crippen LogP contribution in [0.2, 0.25) is 0 Å². The van der Waals surface area contributed by atoms with E-state index in [1.165, 1.54) is 5.69 Å². The molecule has 8 nitrogen and oxygen atoms in total. The first kappa shape index (κ1) is 23.3. The maximum absolute atomic E-state index is 12.4. The molecule has 2 saturated heterocycles. The number of anilines is 1. The highest BCUT2D eigenvalue weighted by atomic mass is 16.5. The number of likely N-dealkylation sites (tertiary alicyclic amines) is 1. The van der Waals surface area contributed by atoms with Crippen molar-refractivity contribution < 1.29 is 19.4 Å². The second-order valence-corrected chi connectivity index (χ2v) is 8.54. The van der Waals surface area contributed by atoms with Crippen molar-refractivity contribution in [3.8, 4) is 5.75 Å².